The molecular formula is C133H195N15O. The first-order valence-corrected chi connectivity index (χ1v) is 53.1. The van der Waals surface area contributed by atoms with Crippen molar-refractivity contribution in [3.05, 3.63) is 373 Å². The van der Waals surface area contributed by atoms with E-state index in [4.69, 9.17) is 11.5 Å². The number of H-pyrrole nitrogens is 1. The number of hydrogen-bond acceptors (Lipinski definition) is 15. The smallest absolute Gasteiger partial charge is 0.248 e. The number of anilines is 2. The second-order valence-electron chi connectivity index (χ2n) is 53.0. The predicted molar refractivity (Wildman–Crippen MR) is 648 cm³/mol. The lowest BCUT2D eigenvalue weighted by molar-refractivity contribution is 0.416. The van der Waals surface area contributed by atoms with Crippen LogP contribution in [0.5, 0.6) is 0 Å². The highest BCUT2D eigenvalue weighted by Crippen LogP contribution is 2.40. The quantitative estimate of drug-likeness (QED) is 0.130. The van der Waals surface area contributed by atoms with Gasteiger partial charge in [-0.15, -0.1) is 0 Å². The average Bonchev–Trinajstić information content (AvgIpc) is 1.65. The Morgan fingerprint density at radius 3 is 1.19 bits per heavy atom. The van der Waals surface area contributed by atoms with E-state index in [2.05, 4.69) is 477 Å². The molecule has 149 heavy (non-hydrogen) atoms. The third kappa shape index (κ3) is 52.7. The highest BCUT2D eigenvalue weighted by atomic mass is 16.1. The van der Waals surface area contributed by atoms with Crippen molar-refractivity contribution in [2.24, 2.45) is 36.6 Å². The number of nitrogens with one attached hydrogen (secondary N) is 1. The number of fused-ring (bicyclic) bond motifs is 2. The first kappa shape index (κ1) is 131. The fourth-order valence-corrected chi connectivity index (χ4v) is 14.6. The second kappa shape index (κ2) is 58.3. The van der Waals surface area contributed by atoms with Gasteiger partial charge in [-0.2, -0.15) is 0 Å². The lowest BCUT2D eigenvalue weighted by atomic mass is 9.84. The molecule has 0 spiro atoms. The lowest BCUT2D eigenvalue weighted by Gasteiger charge is -2.21. The fourth-order valence-electron chi connectivity index (χ4n) is 14.6. The summed E-state index contributed by atoms with van der Waals surface area (Å²) in [7, 11) is 0. The number of hydrogen-bond donors (Lipinski definition) is 3. The number of aliphatic imine (C=N–C) groups is 3. The van der Waals surface area contributed by atoms with Crippen LogP contribution < -0.4 is 17.0 Å². The molecule has 0 saturated carbocycles. The molecule has 2 aliphatic carbocycles. The third-order valence-corrected chi connectivity index (χ3v) is 23.8. The highest BCUT2D eigenvalue weighted by molar-refractivity contribution is 5.82. The molecule has 0 fully saturated rings. The van der Waals surface area contributed by atoms with Gasteiger partial charge in [0, 0.05) is 157 Å². The van der Waals surface area contributed by atoms with Crippen molar-refractivity contribution in [3.8, 4) is 0 Å². The number of nitrogens with two attached hydrogens (primary N) is 2. The van der Waals surface area contributed by atoms with Gasteiger partial charge in [-0.25, -0.2) is 15.0 Å². The van der Waals surface area contributed by atoms with Gasteiger partial charge in [-0.3, -0.25) is 49.7 Å². The van der Waals surface area contributed by atoms with Gasteiger partial charge in [0.2, 0.25) is 5.56 Å². The van der Waals surface area contributed by atoms with E-state index in [1.165, 1.54) is 83.9 Å². The molecular weight excluding hydrogens is 1820 g/mol. The number of aromatic amines is 1. The van der Waals surface area contributed by atoms with Crippen LogP contribution in [0, 0.1) is 35.5 Å². The van der Waals surface area contributed by atoms with Crippen molar-refractivity contribution in [3.63, 3.8) is 0 Å². The summed E-state index contributed by atoms with van der Waals surface area (Å²) in [5.41, 5.74) is 39.3. The minimum Gasteiger partial charge on any atom is -0.398 e. The van der Waals surface area contributed by atoms with Crippen LogP contribution in [0.4, 0.5) is 11.5 Å². The molecule has 0 unspecified atom stereocenters. The number of benzene rings is 2. The Labute approximate surface area is 904 Å². The van der Waals surface area contributed by atoms with E-state index >= 15 is 0 Å². The first-order valence-electron chi connectivity index (χ1n) is 53.1. The van der Waals surface area contributed by atoms with Gasteiger partial charge in [0.05, 0.1) is 24.5 Å². The standard InChI is InChI=1S/2C12H15N.3C10H15N.C10H14.C9H14N2.C9H13NO.C9H15N.2C9H13N.C8H12N2.2C8H13N/c1-12(2,3)10-6-7-11-9(10)5-4-8-13-11;1-12(2,3)10-7-8-13-11-6-4-5-9(10)11;2*1-8-5-6-9(7-11-8)10(2,3)4;1-10(2,3)8-6-4-5-7-9(8)11;1-10(2,3)9-7-5-4-6-8-9;1-9(2,3)7-4-5-11-8(10)6-7;1-9(2,3)7-4-5-10-8(11)6-7;1-9(2,3)6-8-4-5-10-7-8;1-9(2,3)8-5-4-6-10-7-8;1-9(2,3)8-6-4-5-7-10-8;1-8(2,3)7-9-5-4-6-10-7;1-8(2,3)7-4-5-9-6-7;1-8(2,3)7-5-4-6-9-7/h4-6,8H,7H2,1-3H3;4-5,7-8H,6H2,1-3H3;2*5-7H,1-4H3;4-7H,11H2,1-3H3;4-8H,1-3H3;4-6H,1-3H3,(H2,10,11);4-6H,1-3H3,(H,10,11);4,7H,5-6H2,1-3H3;2*4-7H,1-3H3;4-6H,1-3H3;4,6H,5H2,1-3H3;5-6H,4H2,1-3H3. The molecule has 16 heteroatoms. The number of nitrogen functional groups attached to an aromatic ring is 2. The van der Waals surface area contributed by atoms with Crippen LogP contribution in [0.3, 0.4) is 0 Å². The Kier molecular flexibility index (Phi) is 51.2. The van der Waals surface area contributed by atoms with Gasteiger partial charge >= 0.3 is 0 Å². The molecule has 16 nitrogen and oxygen atoms in total. The van der Waals surface area contributed by atoms with E-state index < -0.39 is 0 Å². The maximum atomic E-state index is 10.9. The van der Waals surface area contributed by atoms with Gasteiger partial charge in [-0.05, 0) is 225 Å². The summed E-state index contributed by atoms with van der Waals surface area (Å²) in [5, 5.41) is 0. The Morgan fingerprint density at radius 2 is 0.832 bits per heavy atom. The van der Waals surface area contributed by atoms with E-state index in [1.54, 1.807) is 37.1 Å². The number of nitrogens with zero attached hydrogens (tertiary/aromatic N) is 12. The molecule has 0 saturated heterocycles. The fraction of sp³-hybridized carbons (Fsp3) is 0.481. The van der Waals surface area contributed by atoms with Gasteiger partial charge < -0.3 is 16.5 Å². The van der Waals surface area contributed by atoms with Crippen LogP contribution in [0.25, 0.3) is 11.6 Å². The number of aromatic nitrogens is 10. The summed E-state index contributed by atoms with van der Waals surface area (Å²) < 4.78 is 0. The van der Waals surface area contributed by atoms with Crippen LogP contribution in [0.1, 0.15) is 394 Å². The molecule has 2 aromatic carbocycles. The average molecular weight is 2020 g/mol. The van der Waals surface area contributed by atoms with Crippen LogP contribution in [0.2, 0.25) is 0 Å². The summed E-state index contributed by atoms with van der Waals surface area (Å²) in [4.78, 5) is 63.7. The summed E-state index contributed by atoms with van der Waals surface area (Å²) in [6.07, 6.45) is 43.6. The minimum absolute atomic E-state index is 0.0302. The normalized spacial score (nSPS) is 13.4. The van der Waals surface area contributed by atoms with Gasteiger partial charge in [0.15, 0.2) is 0 Å². The molecule has 808 valence electrons. The largest absolute Gasteiger partial charge is 0.398 e. The minimum atomic E-state index is -0.0302. The summed E-state index contributed by atoms with van der Waals surface area (Å²) in [6.45, 7) is 97.6. The van der Waals surface area contributed by atoms with Gasteiger partial charge in [0.25, 0.3) is 0 Å². The SMILES string of the molecule is CC(C)(C)C1=CCC=N1.CC(C)(C)C1=CCN=C1.CC(C)(C)C1=CCc2ncccc21.CC(C)(C)CC1=CCN=C1.CC(C)(C)c1cc[nH]c(=O)c1.CC(C)(C)c1ccccc1.CC(C)(C)c1ccccc1N.CC(C)(C)c1ccccn1.CC(C)(C)c1cccnc1.CC(C)(C)c1ccnc(N)c1.CC(C)(C)c1ccnc2c1C=CC2.CC(C)(C)c1ncccn1.Cc1ccc(C(C)(C)C)cn1.Cc1ccc(C(C)(C)C)cn1. The predicted octanol–water partition coefficient (Wildman–Crippen LogP) is 34.0. The Hall–Kier alpha value is -12.2. The molecule has 0 atom stereocenters. The molecule has 0 amide bonds. The number of para-hydroxylation sites is 1. The monoisotopic (exact) mass is 2020 g/mol. The number of aryl methyl sites for hydroxylation is 2. The summed E-state index contributed by atoms with van der Waals surface area (Å²) in [6, 6.07) is 52.7. The van der Waals surface area contributed by atoms with Crippen LogP contribution in [-0.2, 0) is 67.0 Å². The van der Waals surface area contributed by atoms with E-state index in [0.29, 0.717) is 22.1 Å². The van der Waals surface area contributed by atoms with Crippen molar-refractivity contribution >= 4 is 41.8 Å². The lowest BCUT2D eigenvalue weighted by Crippen LogP contribution is -2.15. The van der Waals surface area contributed by atoms with E-state index in [0.717, 1.165) is 72.9 Å². The van der Waals surface area contributed by atoms with E-state index in [1.807, 2.05) is 136 Å². The van der Waals surface area contributed by atoms with Crippen molar-refractivity contribution in [1.29, 1.82) is 0 Å². The molecule has 9 aromatic heterocycles. The second-order valence-corrected chi connectivity index (χ2v) is 53.0. The van der Waals surface area contributed by atoms with Crippen molar-refractivity contribution in [2.45, 2.75) is 384 Å². The zero-order valence-corrected chi connectivity index (χ0v) is 101. The Bertz CT molecular complexity index is 5780. The number of pyridine rings is 8. The number of rotatable bonds is 1. The summed E-state index contributed by atoms with van der Waals surface area (Å²) >= 11 is 0. The van der Waals surface area contributed by atoms with Crippen molar-refractivity contribution < 1.29 is 0 Å². The molecule has 5 N–H and O–H groups in total. The molecule has 11 aromatic rings. The van der Waals surface area contributed by atoms with Crippen LogP contribution in [-0.4, -0.2) is 81.6 Å². The van der Waals surface area contributed by atoms with Gasteiger partial charge in [-0.1, -0.05) is 406 Å². The first-order chi connectivity index (χ1) is 68.4. The van der Waals surface area contributed by atoms with Crippen LogP contribution >= 0.6 is 0 Å². The maximum Gasteiger partial charge on any atom is 0.248 e. The third-order valence-electron chi connectivity index (χ3n) is 23.8. The zero-order valence-electron chi connectivity index (χ0n) is 101. The van der Waals surface area contributed by atoms with Crippen molar-refractivity contribution in [2.75, 3.05) is 24.6 Å². The summed E-state index contributed by atoms with van der Waals surface area (Å²) in [5.74, 6) is 1.49. The van der Waals surface area contributed by atoms with E-state index in [9.17, 15) is 4.79 Å². The van der Waals surface area contributed by atoms with Crippen LogP contribution in [0.15, 0.2) is 293 Å². The molecule has 0 bridgehead atoms. The molecule has 12 heterocycles. The topological polar surface area (TPSA) is 238 Å². The number of allylic oxidation sites excluding steroid dienone is 7. The Morgan fingerprint density at radius 1 is 0.342 bits per heavy atom. The Balaban J connectivity index is 0.000000413. The van der Waals surface area contributed by atoms with E-state index in [-0.39, 0.29) is 65.1 Å². The zero-order chi connectivity index (χ0) is 113. The van der Waals surface area contributed by atoms with Crippen molar-refractivity contribution in [1.82, 2.24) is 49.8 Å². The van der Waals surface area contributed by atoms with Gasteiger partial charge in [0.1, 0.15) is 11.6 Å². The molecule has 16 rings (SSSR count). The maximum absolute atomic E-state index is 10.9. The molecule has 3 aliphatic heterocycles. The molecule has 0 radical (unpaired) electrons. The molecule has 5 aliphatic rings. The highest BCUT2D eigenvalue weighted by Gasteiger charge is 2.28.